The van der Waals surface area contributed by atoms with E-state index in [0.29, 0.717) is 12.1 Å². The van der Waals surface area contributed by atoms with Crippen LogP contribution in [0.2, 0.25) is 0 Å². The first kappa shape index (κ1) is 18.6. The molecule has 2 aliphatic rings. The van der Waals surface area contributed by atoms with E-state index in [1.807, 2.05) is 0 Å². The second kappa shape index (κ2) is 8.98. The number of benzene rings is 1. The molecule has 2 fully saturated rings. The molecule has 2 unspecified atom stereocenters. The van der Waals surface area contributed by atoms with Crippen molar-refractivity contribution in [3.05, 3.63) is 47.6 Å². The van der Waals surface area contributed by atoms with Gasteiger partial charge in [-0.3, -0.25) is 9.80 Å². The lowest BCUT2D eigenvalue weighted by molar-refractivity contribution is 0.115. The average molecular weight is 369 g/mol. The van der Waals surface area contributed by atoms with Crippen molar-refractivity contribution in [3.63, 3.8) is 0 Å². The Bertz CT molecular complexity index is 701. The van der Waals surface area contributed by atoms with Crippen LogP contribution in [-0.2, 0) is 19.5 Å². The Morgan fingerprint density at radius 2 is 1.70 bits per heavy atom. The van der Waals surface area contributed by atoms with Crippen LogP contribution in [0.1, 0.15) is 62.7 Å². The minimum absolute atomic E-state index is 0.613. The van der Waals surface area contributed by atoms with E-state index in [2.05, 4.69) is 57.2 Å². The number of rotatable bonds is 8. The zero-order valence-electron chi connectivity index (χ0n) is 16.5. The third-order valence-corrected chi connectivity index (χ3v) is 6.10. The second-order valence-corrected chi connectivity index (χ2v) is 8.05. The highest BCUT2D eigenvalue weighted by Crippen LogP contribution is 2.31. The molecule has 2 atom stereocenters. The maximum Gasteiger partial charge on any atom is 0.240 e. The SMILES string of the molecule is CCCCc1noc(CN2CCCC2C2CCCN2Cc2ccccc2)n1. The molecule has 0 N–H and O–H groups in total. The third-order valence-electron chi connectivity index (χ3n) is 6.10. The highest BCUT2D eigenvalue weighted by atomic mass is 16.5. The highest BCUT2D eigenvalue weighted by Gasteiger charge is 2.38. The summed E-state index contributed by atoms with van der Waals surface area (Å²) in [7, 11) is 0. The number of likely N-dealkylation sites (tertiary alicyclic amines) is 2. The molecule has 1 aromatic heterocycles. The number of aryl methyl sites for hydroxylation is 1. The number of hydrogen-bond donors (Lipinski definition) is 0. The third kappa shape index (κ3) is 4.58. The molecule has 4 rings (SSSR count). The molecule has 0 spiro atoms. The Balaban J connectivity index is 1.39. The lowest BCUT2D eigenvalue weighted by atomic mass is 10.0. The van der Waals surface area contributed by atoms with Crippen LogP contribution < -0.4 is 0 Å². The van der Waals surface area contributed by atoms with Crippen LogP contribution in [0.25, 0.3) is 0 Å². The van der Waals surface area contributed by atoms with Gasteiger partial charge >= 0.3 is 0 Å². The van der Waals surface area contributed by atoms with Gasteiger partial charge in [-0.2, -0.15) is 4.98 Å². The van der Waals surface area contributed by atoms with Crippen LogP contribution in [0.15, 0.2) is 34.9 Å². The first-order chi connectivity index (χ1) is 13.3. The molecule has 2 saturated heterocycles. The van der Waals surface area contributed by atoms with Gasteiger partial charge in [0.05, 0.1) is 6.54 Å². The van der Waals surface area contributed by atoms with Gasteiger partial charge in [0.15, 0.2) is 5.82 Å². The summed E-state index contributed by atoms with van der Waals surface area (Å²) in [4.78, 5) is 9.91. The number of aromatic nitrogens is 2. The van der Waals surface area contributed by atoms with Crippen LogP contribution in [-0.4, -0.2) is 45.1 Å². The molecule has 146 valence electrons. The van der Waals surface area contributed by atoms with E-state index >= 15 is 0 Å². The van der Waals surface area contributed by atoms with Crippen LogP contribution in [0.5, 0.6) is 0 Å². The largest absolute Gasteiger partial charge is 0.338 e. The Morgan fingerprint density at radius 3 is 2.41 bits per heavy atom. The van der Waals surface area contributed by atoms with Crippen molar-refractivity contribution in [2.75, 3.05) is 13.1 Å². The highest BCUT2D eigenvalue weighted by molar-refractivity contribution is 5.15. The number of hydrogen-bond acceptors (Lipinski definition) is 5. The molecule has 0 saturated carbocycles. The normalized spacial score (nSPS) is 24.0. The first-order valence-corrected chi connectivity index (χ1v) is 10.7. The summed E-state index contributed by atoms with van der Waals surface area (Å²) < 4.78 is 5.54. The molecule has 5 heteroatoms. The van der Waals surface area contributed by atoms with Crippen LogP contribution in [0.3, 0.4) is 0 Å². The molecule has 1 aromatic carbocycles. The van der Waals surface area contributed by atoms with Crippen molar-refractivity contribution in [1.82, 2.24) is 19.9 Å². The maximum atomic E-state index is 5.54. The van der Waals surface area contributed by atoms with Crippen molar-refractivity contribution in [3.8, 4) is 0 Å². The van der Waals surface area contributed by atoms with Crippen molar-refractivity contribution in [2.24, 2.45) is 0 Å². The molecule has 0 amide bonds. The number of nitrogens with zero attached hydrogens (tertiary/aromatic N) is 4. The second-order valence-electron chi connectivity index (χ2n) is 8.05. The van der Waals surface area contributed by atoms with Crippen molar-refractivity contribution in [2.45, 2.75) is 77.0 Å². The standard InChI is InChI=1S/C22H32N4O/c1-2-3-13-21-23-22(27-24-21)17-26-15-8-12-20(26)19-11-7-14-25(19)16-18-9-5-4-6-10-18/h4-6,9-10,19-20H,2-3,7-8,11-17H2,1H3. The Kier molecular flexibility index (Phi) is 6.20. The fourth-order valence-electron chi connectivity index (χ4n) is 4.75. The zero-order chi connectivity index (χ0) is 18.5. The lowest BCUT2D eigenvalue weighted by Crippen LogP contribution is -2.45. The van der Waals surface area contributed by atoms with Gasteiger partial charge in [0, 0.05) is 25.0 Å². The summed E-state index contributed by atoms with van der Waals surface area (Å²) in [6.45, 7) is 6.42. The summed E-state index contributed by atoms with van der Waals surface area (Å²) in [5.74, 6) is 1.66. The van der Waals surface area contributed by atoms with E-state index < -0.39 is 0 Å². The van der Waals surface area contributed by atoms with Crippen molar-refractivity contribution >= 4 is 0 Å². The minimum atomic E-state index is 0.613. The predicted octanol–water partition coefficient (Wildman–Crippen LogP) is 4.04. The van der Waals surface area contributed by atoms with E-state index in [0.717, 1.165) is 50.6 Å². The van der Waals surface area contributed by atoms with E-state index in [9.17, 15) is 0 Å². The fourth-order valence-corrected chi connectivity index (χ4v) is 4.75. The topological polar surface area (TPSA) is 45.4 Å². The fraction of sp³-hybridized carbons (Fsp3) is 0.636. The van der Waals surface area contributed by atoms with Crippen LogP contribution >= 0.6 is 0 Å². The molecule has 3 heterocycles. The van der Waals surface area contributed by atoms with Crippen molar-refractivity contribution < 1.29 is 4.52 Å². The summed E-state index contributed by atoms with van der Waals surface area (Å²) in [5.41, 5.74) is 1.42. The predicted molar refractivity (Wildman–Crippen MR) is 106 cm³/mol. The van der Waals surface area contributed by atoms with Gasteiger partial charge in [-0.15, -0.1) is 0 Å². The molecular formula is C22H32N4O. The smallest absolute Gasteiger partial charge is 0.240 e. The van der Waals surface area contributed by atoms with E-state index in [1.165, 1.54) is 37.8 Å². The summed E-state index contributed by atoms with van der Waals surface area (Å²) in [6.07, 6.45) is 8.39. The summed E-state index contributed by atoms with van der Waals surface area (Å²) in [5, 5.41) is 4.17. The van der Waals surface area contributed by atoms with Gasteiger partial charge in [-0.25, -0.2) is 0 Å². The monoisotopic (exact) mass is 368 g/mol. The molecule has 0 aliphatic carbocycles. The minimum Gasteiger partial charge on any atom is -0.338 e. The first-order valence-electron chi connectivity index (χ1n) is 10.7. The van der Waals surface area contributed by atoms with Gasteiger partial charge in [-0.05, 0) is 50.8 Å². The molecule has 0 radical (unpaired) electrons. The Morgan fingerprint density at radius 1 is 1.00 bits per heavy atom. The Hall–Kier alpha value is -1.72. The van der Waals surface area contributed by atoms with Gasteiger partial charge < -0.3 is 4.52 Å². The van der Waals surface area contributed by atoms with E-state index in [-0.39, 0.29) is 0 Å². The molecule has 2 aliphatic heterocycles. The van der Waals surface area contributed by atoms with E-state index in [4.69, 9.17) is 4.52 Å². The lowest BCUT2D eigenvalue weighted by Gasteiger charge is -2.34. The van der Waals surface area contributed by atoms with Crippen LogP contribution in [0, 0.1) is 0 Å². The molecule has 5 nitrogen and oxygen atoms in total. The van der Waals surface area contributed by atoms with Gasteiger partial charge in [0.25, 0.3) is 0 Å². The molecule has 2 aromatic rings. The molecule has 0 bridgehead atoms. The quantitative estimate of drug-likeness (QED) is 0.704. The maximum absolute atomic E-state index is 5.54. The summed E-state index contributed by atoms with van der Waals surface area (Å²) in [6, 6.07) is 12.2. The van der Waals surface area contributed by atoms with Gasteiger partial charge in [0.2, 0.25) is 5.89 Å². The van der Waals surface area contributed by atoms with Crippen molar-refractivity contribution in [1.29, 1.82) is 0 Å². The van der Waals surface area contributed by atoms with Gasteiger partial charge in [0.1, 0.15) is 0 Å². The van der Waals surface area contributed by atoms with Gasteiger partial charge in [-0.1, -0.05) is 48.8 Å². The summed E-state index contributed by atoms with van der Waals surface area (Å²) >= 11 is 0. The van der Waals surface area contributed by atoms with E-state index in [1.54, 1.807) is 0 Å². The molecule has 27 heavy (non-hydrogen) atoms. The Labute approximate surface area is 162 Å². The zero-order valence-corrected chi connectivity index (χ0v) is 16.5. The molecular weight excluding hydrogens is 336 g/mol. The average Bonchev–Trinajstić information content (AvgIpc) is 3.42. The van der Waals surface area contributed by atoms with Crippen LogP contribution in [0.4, 0.5) is 0 Å². The number of unbranched alkanes of at least 4 members (excludes halogenated alkanes) is 1.